The molecule has 0 unspecified atom stereocenters. The Morgan fingerprint density at radius 3 is 2.74 bits per heavy atom. The highest BCUT2D eigenvalue weighted by molar-refractivity contribution is 5.41. The van der Waals surface area contributed by atoms with Gasteiger partial charge in [-0.3, -0.25) is 4.90 Å². The van der Waals surface area contributed by atoms with E-state index >= 15 is 0 Å². The van der Waals surface area contributed by atoms with Crippen molar-refractivity contribution in [2.45, 2.75) is 26.5 Å². The molecule has 0 saturated carbocycles. The minimum atomic E-state index is -0.105. The van der Waals surface area contributed by atoms with E-state index in [-0.39, 0.29) is 12.7 Å². The molecule has 104 valence electrons. The summed E-state index contributed by atoms with van der Waals surface area (Å²) >= 11 is 0. The second-order valence-electron chi connectivity index (χ2n) is 4.77. The number of ether oxygens (including phenoxy) is 1. The number of hydrogen-bond donors (Lipinski definition) is 1. The standard InChI is InChI=1S/C16H23NO2/c1-14(2)19-12-10-17(3)13-16-8-5-4-7-15(16)9-6-11-18/h4-5,7-8,14,18H,10-13H2,1-3H3. The molecule has 1 aromatic rings. The number of rotatable bonds is 6. The van der Waals surface area contributed by atoms with Crippen LogP contribution >= 0.6 is 0 Å². The van der Waals surface area contributed by atoms with E-state index in [1.807, 2.05) is 32.0 Å². The SMILES string of the molecule is CC(C)OCCN(C)Cc1ccccc1C#CCO. The normalized spacial score (nSPS) is 10.6. The molecule has 1 rings (SSSR count). The van der Waals surface area contributed by atoms with Crippen LogP contribution in [0.1, 0.15) is 25.0 Å². The average molecular weight is 261 g/mol. The van der Waals surface area contributed by atoms with Gasteiger partial charge in [0, 0.05) is 18.7 Å². The maximum Gasteiger partial charge on any atom is 0.104 e. The lowest BCUT2D eigenvalue weighted by Crippen LogP contribution is -2.24. The fraction of sp³-hybridized carbons (Fsp3) is 0.500. The van der Waals surface area contributed by atoms with E-state index in [1.165, 1.54) is 5.56 Å². The predicted octanol–water partition coefficient (Wildman–Crippen LogP) is 1.89. The fourth-order valence-electron chi connectivity index (χ4n) is 1.73. The second-order valence-corrected chi connectivity index (χ2v) is 4.77. The molecule has 0 amide bonds. The zero-order chi connectivity index (χ0) is 14.1. The third-order valence-electron chi connectivity index (χ3n) is 2.68. The lowest BCUT2D eigenvalue weighted by Gasteiger charge is -2.18. The number of benzene rings is 1. The van der Waals surface area contributed by atoms with E-state index in [0.29, 0.717) is 0 Å². The van der Waals surface area contributed by atoms with Crippen molar-refractivity contribution < 1.29 is 9.84 Å². The topological polar surface area (TPSA) is 32.7 Å². The van der Waals surface area contributed by atoms with Crippen molar-refractivity contribution in [1.82, 2.24) is 4.90 Å². The third kappa shape index (κ3) is 6.40. The summed E-state index contributed by atoms with van der Waals surface area (Å²) in [5.41, 5.74) is 2.16. The summed E-state index contributed by atoms with van der Waals surface area (Å²) in [6.07, 6.45) is 0.274. The summed E-state index contributed by atoms with van der Waals surface area (Å²) in [4.78, 5) is 2.21. The van der Waals surface area contributed by atoms with Gasteiger partial charge in [0.2, 0.25) is 0 Å². The smallest absolute Gasteiger partial charge is 0.104 e. The van der Waals surface area contributed by atoms with Crippen molar-refractivity contribution in [1.29, 1.82) is 0 Å². The Labute approximate surface area is 116 Å². The van der Waals surface area contributed by atoms with E-state index in [9.17, 15) is 0 Å². The first-order chi connectivity index (χ1) is 9.13. The van der Waals surface area contributed by atoms with E-state index in [0.717, 1.165) is 25.3 Å². The molecule has 3 heteroatoms. The van der Waals surface area contributed by atoms with Gasteiger partial charge in [0.15, 0.2) is 0 Å². The highest BCUT2D eigenvalue weighted by atomic mass is 16.5. The van der Waals surface area contributed by atoms with Gasteiger partial charge < -0.3 is 9.84 Å². The predicted molar refractivity (Wildman–Crippen MR) is 77.8 cm³/mol. The van der Waals surface area contributed by atoms with Crippen molar-refractivity contribution in [3.05, 3.63) is 35.4 Å². The van der Waals surface area contributed by atoms with E-state index in [2.05, 4.69) is 29.9 Å². The quantitative estimate of drug-likeness (QED) is 0.794. The molecule has 0 aliphatic rings. The molecule has 0 fully saturated rings. The number of nitrogens with zero attached hydrogens (tertiary/aromatic N) is 1. The Balaban J connectivity index is 2.56. The van der Waals surface area contributed by atoms with Crippen LogP contribution < -0.4 is 0 Å². The molecule has 0 bridgehead atoms. The Hall–Kier alpha value is -1.34. The molecule has 1 N–H and O–H groups in total. The maximum absolute atomic E-state index is 8.77. The Bertz CT molecular complexity index is 432. The number of hydrogen-bond acceptors (Lipinski definition) is 3. The zero-order valence-corrected chi connectivity index (χ0v) is 12.0. The summed E-state index contributed by atoms with van der Waals surface area (Å²) < 4.78 is 5.54. The first-order valence-electron chi connectivity index (χ1n) is 6.61. The Morgan fingerprint density at radius 2 is 2.05 bits per heavy atom. The molecule has 0 spiro atoms. The molecular formula is C16H23NO2. The molecule has 3 nitrogen and oxygen atoms in total. The fourth-order valence-corrected chi connectivity index (χ4v) is 1.73. The minimum absolute atomic E-state index is 0.105. The summed E-state index contributed by atoms with van der Waals surface area (Å²) in [6.45, 7) is 6.43. The molecule has 19 heavy (non-hydrogen) atoms. The molecule has 0 heterocycles. The van der Waals surface area contributed by atoms with Gasteiger partial charge in [0.05, 0.1) is 12.7 Å². The highest BCUT2D eigenvalue weighted by Gasteiger charge is 2.04. The Kier molecular flexibility index (Phi) is 7.20. The van der Waals surface area contributed by atoms with Gasteiger partial charge in [-0.25, -0.2) is 0 Å². The second kappa shape index (κ2) is 8.71. The van der Waals surface area contributed by atoms with Crippen LogP contribution in [0.4, 0.5) is 0 Å². The van der Waals surface area contributed by atoms with Gasteiger partial charge in [-0.1, -0.05) is 30.0 Å². The first-order valence-corrected chi connectivity index (χ1v) is 6.61. The number of aliphatic hydroxyl groups is 1. The molecular weight excluding hydrogens is 238 g/mol. The molecule has 0 saturated heterocycles. The van der Waals surface area contributed by atoms with Crippen LogP contribution in [0.25, 0.3) is 0 Å². The van der Waals surface area contributed by atoms with Crippen LogP contribution in [0.15, 0.2) is 24.3 Å². The summed E-state index contributed by atoms with van der Waals surface area (Å²) in [5, 5.41) is 8.77. The largest absolute Gasteiger partial charge is 0.384 e. The van der Waals surface area contributed by atoms with Crippen molar-refractivity contribution >= 4 is 0 Å². The van der Waals surface area contributed by atoms with E-state index in [4.69, 9.17) is 9.84 Å². The lowest BCUT2D eigenvalue weighted by atomic mass is 10.1. The van der Waals surface area contributed by atoms with Crippen LogP contribution in [0, 0.1) is 11.8 Å². The van der Waals surface area contributed by atoms with Gasteiger partial charge in [-0.15, -0.1) is 0 Å². The zero-order valence-electron chi connectivity index (χ0n) is 12.0. The van der Waals surface area contributed by atoms with Gasteiger partial charge in [0.25, 0.3) is 0 Å². The highest BCUT2D eigenvalue weighted by Crippen LogP contribution is 2.09. The van der Waals surface area contributed by atoms with Crippen molar-refractivity contribution in [2.24, 2.45) is 0 Å². The van der Waals surface area contributed by atoms with E-state index in [1.54, 1.807) is 0 Å². The summed E-state index contributed by atoms with van der Waals surface area (Å²) in [5.74, 6) is 5.68. The molecule has 0 aliphatic heterocycles. The van der Waals surface area contributed by atoms with Crippen LogP contribution in [0.2, 0.25) is 0 Å². The lowest BCUT2D eigenvalue weighted by molar-refractivity contribution is 0.0627. The molecule has 0 atom stereocenters. The van der Waals surface area contributed by atoms with Crippen LogP contribution in [0.3, 0.4) is 0 Å². The Morgan fingerprint density at radius 1 is 1.32 bits per heavy atom. The summed E-state index contributed by atoms with van der Waals surface area (Å²) in [6, 6.07) is 8.03. The van der Waals surface area contributed by atoms with Gasteiger partial charge in [-0.2, -0.15) is 0 Å². The summed E-state index contributed by atoms with van der Waals surface area (Å²) in [7, 11) is 2.07. The van der Waals surface area contributed by atoms with Crippen LogP contribution in [-0.4, -0.2) is 42.9 Å². The van der Waals surface area contributed by atoms with Crippen molar-refractivity contribution in [2.75, 3.05) is 26.8 Å². The first kappa shape index (κ1) is 15.7. The van der Waals surface area contributed by atoms with Gasteiger partial charge in [-0.05, 0) is 32.5 Å². The van der Waals surface area contributed by atoms with Crippen LogP contribution in [-0.2, 0) is 11.3 Å². The number of aliphatic hydroxyl groups excluding tert-OH is 1. The third-order valence-corrected chi connectivity index (χ3v) is 2.68. The maximum atomic E-state index is 8.77. The monoisotopic (exact) mass is 261 g/mol. The minimum Gasteiger partial charge on any atom is -0.384 e. The van der Waals surface area contributed by atoms with Crippen molar-refractivity contribution in [3.8, 4) is 11.8 Å². The average Bonchev–Trinajstić information content (AvgIpc) is 2.37. The van der Waals surface area contributed by atoms with Crippen LogP contribution in [0.5, 0.6) is 0 Å². The molecule has 0 aromatic heterocycles. The molecule has 1 aromatic carbocycles. The van der Waals surface area contributed by atoms with E-state index < -0.39 is 0 Å². The van der Waals surface area contributed by atoms with Crippen molar-refractivity contribution in [3.63, 3.8) is 0 Å². The molecule has 0 radical (unpaired) electrons. The number of likely N-dealkylation sites (N-methyl/N-ethyl adjacent to an activating group) is 1. The van der Waals surface area contributed by atoms with Gasteiger partial charge >= 0.3 is 0 Å². The molecule has 0 aliphatic carbocycles. The van der Waals surface area contributed by atoms with Gasteiger partial charge in [0.1, 0.15) is 6.61 Å².